The van der Waals surface area contributed by atoms with Gasteiger partial charge in [-0.05, 0) is 25.5 Å². The van der Waals surface area contributed by atoms with Crippen LogP contribution in [0.5, 0.6) is 11.5 Å². The minimum Gasteiger partial charge on any atom is -0.503 e. The minimum absolute atomic E-state index is 0.139. The first-order chi connectivity index (χ1) is 12.3. The van der Waals surface area contributed by atoms with Crippen molar-refractivity contribution in [3.8, 4) is 17.2 Å². The van der Waals surface area contributed by atoms with E-state index in [4.69, 9.17) is 5.73 Å². The van der Waals surface area contributed by atoms with E-state index in [-0.39, 0.29) is 17.1 Å². The van der Waals surface area contributed by atoms with Crippen molar-refractivity contribution in [2.24, 2.45) is 0 Å². The van der Waals surface area contributed by atoms with Crippen molar-refractivity contribution in [2.45, 2.75) is 13.8 Å². The van der Waals surface area contributed by atoms with Crippen LogP contribution in [0, 0.1) is 25.5 Å². The standard InChI is InChI=1S/C17H13F2N5O2/c1-6-3-8-11-15(20)21-5-22-17(11)24(16(8)23-7(6)2)12-13(25)9(18)4-10(19)14(12)26/h3-5,25-26H,1-2H3,(H2,20,21,22). The van der Waals surface area contributed by atoms with Crippen molar-refractivity contribution in [3.63, 3.8) is 0 Å². The number of nitrogens with two attached hydrogens (primary N) is 1. The fourth-order valence-corrected chi connectivity index (χ4v) is 2.97. The third kappa shape index (κ3) is 2.00. The lowest BCUT2D eigenvalue weighted by molar-refractivity contribution is 0.394. The predicted octanol–water partition coefficient (Wildman–Crippen LogP) is 2.86. The predicted molar refractivity (Wildman–Crippen MR) is 91.3 cm³/mol. The molecule has 0 aliphatic carbocycles. The molecule has 0 saturated heterocycles. The van der Waals surface area contributed by atoms with Gasteiger partial charge in [0.1, 0.15) is 23.5 Å². The van der Waals surface area contributed by atoms with Crippen LogP contribution in [0.2, 0.25) is 0 Å². The first kappa shape index (κ1) is 16.0. The number of anilines is 1. The molecular formula is C17H13F2N5O2. The van der Waals surface area contributed by atoms with Gasteiger partial charge in [0.15, 0.2) is 28.8 Å². The normalized spacial score (nSPS) is 11.5. The summed E-state index contributed by atoms with van der Waals surface area (Å²) in [5.41, 5.74) is 7.37. The van der Waals surface area contributed by atoms with Crippen LogP contribution in [0.4, 0.5) is 14.6 Å². The number of hydrogen-bond acceptors (Lipinski definition) is 6. The Bertz CT molecular complexity index is 1190. The smallest absolute Gasteiger partial charge is 0.180 e. The minimum atomic E-state index is -1.23. The number of halogens is 2. The van der Waals surface area contributed by atoms with Gasteiger partial charge in [0, 0.05) is 17.1 Å². The Labute approximate surface area is 145 Å². The van der Waals surface area contributed by atoms with E-state index in [0.717, 1.165) is 5.56 Å². The molecule has 3 heterocycles. The first-order valence-corrected chi connectivity index (χ1v) is 7.60. The van der Waals surface area contributed by atoms with Crippen LogP contribution < -0.4 is 5.73 Å². The molecule has 4 rings (SSSR count). The molecule has 0 radical (unpaired) electrons. The summed E-state index contributed by atoms with van der Waals surface area (Å²) in [4.78, 5) is 12.5. The van der Waals surface area contributed by atoms with Crippen LogP contribution in [0.25, 0.3) is 27.8 Å². The van der Waals surface area contributed by atoms with Crippen LogP contribution in [0.15, 0.2) is 18.5 Å². The summed E-state index contributed by atoms with van der Waals surface area (Å²) in [6.07, 6.45) is 1.18. The molecule has 0 fully saturated rings. The molecule has 0 amide bonds. The van der Waals surface area contributed by atoms with Gasteiger partial charge < -0.3 is 15.9 Å². The average molecular weight is 357 g/mol. The number of fused-ring (bicyclic) bond motifs is 3. The van der Waals surface area contributed by atoms with Crippen LogP contribution in [0.1, 0.15) is 11.3 Å². The summed E-state index contributed by atoms with van der Waals surface area (Å²) >= 11 is 0. The Morgan fingerprint density at radius 1 is 1.00 bits per heavy atom. The van der Waals surface area contributed by atoms with Crippen molar-refractivity contribution >= 4 is 27.9 Å². The molecule has 4 aromatic rings. The van der Waals surface area contributed by atoms with E-state index in [0.29, 0.717) is 22.5 Å². The van der Waals surface area contributed by atoms with Crippen molar-refractivity contribution in [1.29, 1.82) is 0 Å². The Balaban J connectivity index is 2.31. The zero-order chi connectivity index (χ0) is 18.7. The van der Waals surface area contributed by atoms with E-state index in [9.17, 15) is 19.0 Å². The summed E-state index contributed by atoms with van der Waals surface area (Å²) in [5, 5.41) is 21.3. The maximum atomic E-state index is 13.9. The molecule has 1 aromatic carbocycles. The number of nitrogens with zero attached hydrogens (tertiary/aromatic N) is 4. The second-order valence-electron chi connectivity index (χ2n) is 5.94. The highest BCUT2D eigenvalue weighted by Crippen LogP contribution is 2.41. The molecule has 0 atom stereocenters. The highest BCUT2D eigenvalue weighted by atomic mass is 19.1. The van der Waals surface area contributed by atoms with E-state index >= 15 is 0 Å². The number of aromatic nitrogens is 4. The Morgan fingerprint density at radius 2 is 1.65 bits per heavy atom. The zero-order valence-corrected chi connectivity index (χ0v) is 13.7. The van der Waals surface area contributed by atoms with Gasteiger partial charge in [-0.2, -0.15) is 0 Å². The third-order valence-electron chi connectivity index (χ3n) is 4.37. The van der Waals surface area contributed by atoms with Crippen molar-refractivity contribution in [3.05, 3.63) is 41.4 Å². The molecule has 3 aromatic heterocycles. The lowest BCUT2D eigenvalue weighted by Crippen LogP contribution is -2.02. The van der Waals surface area contributed by atoms with E-state index in [1.807, 2.05) is 6.92 Å². The van der Waals surface area contributed by atoms with E-state index in [1.54, 1.807) is 13.0 Å². The molecule has 4 N–H and O–H groups in total. The molecule has 0 aliphatic rings. The number of phenolic OH excluding ortho intramolecular Hbond substituents is 2. The maximum absolute atomic E-state index is 13.9. The fourth-order valence-electron chi connectivity index (χ4n) is 2.97. The quantitative estimate of drug-likeness (QED) is 0.483. The van der Waals surface area contributed by atoms with Gasteiger partial charge in [0.25, 0.3) is 0 Å². The lowest BCUT2D eigenvalue weighted by Gasteiger charge is -2.12. The Kier molecular flexibility index (Phi) is 3.23. The van der Waals surface area contributed by atoms with E-state index < -0.39 is 28.8 Å². The van der Waals surface area contributed by atoms with Gasteiger partial charge >= 0.3 is 0 Å². The van der Waals surface area contributed by atoms with Crippen molar-refractivity contribution < 1.29 is 19.0 Å². The number of aromatic hydroxyl groups is 2. The molecule has 0 saturated carbocycles. The molecule has 132 valence electrons. The van der Waals surface area contributed by atoms with Gasteiger partial charge in [0.2, 0.25) is 0 Å². The third-order valence-corrected chi connectivity index (χ3v) is 4.37. The number of hydrogen-bond donors (Lipinski definition) is 3. The summed E-state index contributed by atoms with van der Waals surface area (Å²) in [6.45, 7) is 3.61. The molecular weight excluding hydrogens is 344 g/mol. The molecule has 9 heteroatoms. The lowest BCUT2D eigenvalue weighted by atomic mass is 10.1. The number of phenols is 2. The molecule has 0 spiro atoms. The monoisotopic (exact) mass is 357 g/mol. The van der Waals surface area contributed by atoms with E-state index in [1.165, 1.54) is 10.9 Å². The number of nitrogen functional groups attached to an aromatic ring is 1. The number of aryl methyl sites for hydroxylation is 2. The second kappa shape index (κ2) is 5.25. The number of benzene rings is 1. The Hall–Kier alpha value is -3.49. The van der Waals surface area contributed by atoms with Gasteiger partial charge in [-0.25, -0.2) is 23.7 Å². The van der Waals surface area contributed by atoms with Crippen LogP contribution in [-0.2, 0) is 0 Å². The molecule has 0 unspecified atom stereocenters. The molecule has 0 aliphatic heterocycles. The van der Waals surface area contributed by atoms with E-state index in [2.05, 4.69) is 15.0 Å². The SMILES string of the molecule is Cc1cc2c3c(N)ncnc3n(-c3c(O)c(F)cc(F)c3O)c2nc1C. The first-order valence-electron chi connectivity index (χ1n) is 7.60. The summed E-state index contributed by atoms with van der Waals surface area (Å²) in [6, 6.07) is 2.19. The van der Waals surface area contributed by atoms with Gasteiger partial charge in [0.05, 0.1) is 5.39 Å². The van der Waals surface area contributed by atoms with Gasteiger partial charge in [-0.15, -0.1) is 0 Å². The van der Waals surface area contributed by atoms with Gasteiger partial charge in [-0.1, -0.05) is 0 Å². The zero-order valence-electron chi connectivity index (χ0n) is 13.7. The summed E-state index contributed by atoms with van der Waals surface area (Å²) in [5.74, 6) is -4.17. The van der Waals surface area contributed by atoms with Crippen LogP contribution >= 0.6 is 0 Å². The highest BCUT2D eigenvalue weighted by Gasteiger charge is 2.26. The number of rotatable bonds is 1. The average Bonchev–Trinajstić information content (AvgIpc) is 2.89. The fraction of sp³-hybridized carbons (Fsp3) is 0.118. The van der Waals surface area contributed by atoms with Gasteiger partial charge in [-0.3, -0.25) is 4.57 Å². The van der Waals surface area contributed by atoms with Crippen molar-refractivity contribution in [2.75, 3.05) is 5.73 Å². The largest absolute Gasteiger partial charge is 0.503 e. The van der Waals surface area contributed by atoms with Crippen LogP contribution in [-0.4, -0.2) is 29.7 Å². The van der Waals surface area contributed by atoms with Crippen molar-refractivity contribution in [1.82, 2.24) is 19.5 Å². The molecule has 26 heavy (non-hydrogen) atoms. The highest BCUT2D eigenvalue weighted by molar-refractivity contribution is 6.11. The Morgan fingerprint density at radius 3 is 2.31 bits per heavy atom. The summed E-state index contributed by atoms with van der Waals surface area (Å²) in [7, 11) is 0. The van der Waals surface area contributed by atoms with Crippen LogP contribution in [0.3, 0.4) is 0 Å². The number of pyridine rings is 1. The molecule has 0 bridgehead atoms. The summed E-state index contributed by atoms with van der Waals surface area (Å²) < 4.78 is 29.1. The maximum Gasteiger partial charge on any atom is 0.180 e. The topological polar surface area (TPSA) is 110 Å². The second-order valence-corrected chi connectivity index (χ2v) is 5.94. The molecule has 7 nitrogen and oxygen atoms in total.